The van der Waals surface area contributed by atoms with Gasteiger partial charge in [0, 0.05) is 22.9 Å². The van der Waals surface area contributed by atoms with E-state index < -0.39 is 0 Å². The molecule has 0 atom stereocenters. The highest BCUT2D eigenvalue weighted by molar-refractivity contribution is 7.11. The molecule has 0 bridgehead atoms. The lowest BCUT2D eigenvalue weighted by Crippen LogP contribution is -2.13. The van der Waals surface area contributed by atoms with Crippen LogP contribution in [0.1, 0.15) is 42.4 Å². The molecule has 0 aliphatic carbocycles. The molecular weight excluding hydrogens is 218 g/mol. The maximum atomic E-state index is 8.63. The molecule has 0 aliphatic heterocycles. The van der Waals surface area contributed by atoms with E-state index in [1.54, 1.807) is 0 Å². The number of thiophene rings is 1. The van der Waals surface area contributed by atoms with Crippen LogP contribution in [-0.4, -0.2) is 18.3 Å². The van der Waals surface area contributed by atoms with Gasteiger partial charge in [0.25, 0.3) is 0 Å². The molecule has 0 saturated carbocycles. The van der Waals surface area contributed by atoms with Gasteiger partial charge in [-0.1, -0.05) is 19.8 Å². The van der Waals surface area contributed by atoms with Gasteiger partial charge in [0.15, 0.2) is 0 Å². The van der Waals surface area contributed by atoms with E-state index in [1.807, 2.05) is 11.3 Å². The number of hydrogen-bond donors (Lipinski definition) is 2. The van der Waals surface area contributed by atoms with E-state index in [0.717, 1.165) is 32.4 Å². The predicted octanol–water partition coefficient (Wildman–Crippen LogP) is 2.95. The minimum atomic E-state index is 0.336. The molecule has 0 spiro atoms. The fourth-order valence-electron chi connectivity index (χ4n) is 1.63. The van der Waals surface area contributed by atoms with E-state index in [-0.39, 0.29) is 0 Å². The number of aliphatic hydroxyl groups excluding tert-OH is 1. The topological polar surface area (TPSA) is 32.3 Å². The monoisotopic (exact) mass is 241 g/mol. The van der Waals surface area contributed by atoms with Gasteiger partial charge in [0.2, 0.25) is 0 Å². The third-order valence-corrected chi connectivity index (χ3v) is 3.86. The van der Waals surface area contributed by atoms with Gasteiger partial charge in [0.05, 0.1) is 0 Å². The molecule has 1 aromatic rings. The summed E-state index contributed by atoms with van der Waals surface area (Å²) in [5, 5.41) is 12.1. The Labute approximate surface area is 103 Å². The zero-order chi connectivity index (χ0) is 11.6. The Bertz CT molecular complexity index is 273. The van der Waals surface area contributed by atoms with Gasteiger partial charge in [0.1, 0.15) is 0 Å². The van der Waals surface area contributed by atoms with Crippen LogP contribution in [0.15, 0.2) is 12.1 Å². The first-order chi connectivity index (χ1) is 7.86. The van der Waals surface area contributed by atoms with Crippen LogP contribution in [-0.2, 0) is 13.0 Å². The van der Waals surface area contributed by atoms with Crippen LogP contribution in [0.2, 0.25) is 0 Å². The van der Waals surface area contributed by atoms with Gasteiger partial charge in [-0.2, -0.15) is 0 Å². The van der Waals surface area contributed by atoms with E-state index >= 15 is 0 Å². The van der Waals surface area contributed by atoms with E-state index in [4.69, 9.17) is 5.11 Å². The summed E-state index contributed by atoms with van der Waals surface area (Å²) in [7, 11) is 0. The van der Waals surface area contributed by atoms with Crippen LogP contribution in [0.5, 0.6) is 0 Å². The fourth-order valence-corrected chi connectivity index (χ4v) is 2.56. The molecule has 0 radical (unpaired) electrons. The average molecular weight is 241 g/mol. The first-order valence-electron chi connectivity index (χ1n) is 6.26. The van der Waals surface area contributed by atoms with Crippen LogP contribution in [0, 0.1) is 0 Å². The standard InChI is InChI=1S/C13H23NOS/c1-2-12-7-8-13(16-12)11-14-9-5-3-4-6-10-15/h7-8,14-15H,2-6,9-11H2,1H3. The molecule has 0 amide bonds. The van der Waals surface area contributed by atoms with Crippen LogP contribution in [0.4, 0.5) is 0 Å². The third-order valence-electron chi connectivity index (χ3n) is 2.63. The summed E-state index contributed by atoms with van der Waals surface area (Å²) in [5.74, 6) is 0. The Morgan fingerprint density at radius 3 is 2.56 bits per heavy atom. The lowest BCUT2D eigenvalue weighted by Gasteiger charge is -2.02. The van der Waals surface area contributed by atoms with Crippen molar-refractivity contribution in [3.8, 4) is 0 Å². The van der Waals surface area contributed by atoms with Crippen molar-refractivity contribution in [2.45, 2.75) is 45.6 Å². The second-order valence-corrected chi connectivity index (χ2v) is 5.29. The molecule has 2 N–H and O–H groups in total. The molecule has 92 valence electrons. The third kappa shape index (κ3) is 5.64. The molecule has 0 saturated heterocycles. The summed E-state index contributed by atoms with van der Waals surface area (Å²) in [6.07, 6.45) is 5.68. The molecule has 0 fully saturated rings. The van der Waals surface area contributed by atoms with E-state index in [0.29, 0.717) is 6.61 Å². The summed E-state index contributed by atoms with van der Waals surface area (Å²) in [4.78, 5) is 2.91. The van der Waals surface area contributed by atoms with Crippen molar-refractivity contribution in [2.24, 2.45) is 0 Å². The minimum Gasteiger partial charge on any atom is -0.396 e. The highest BCUT2D eigenvalue weighted by Crippen LogP contribution is 2.16. The van der Waals surface area contributed by atoms with Crippen molar-refractivity contribution in [3.05, 3.63) is 21.9 Å². The van der Waals surface area contributed by atoms with Gasteiger partial charge in [-0.3, -0.25) is 0 Å². The highest BCUT2D eigenvalue weighted by atomic mass is 32.1. The Balaban J connectivity index is 1.98. The van der Waals surface area contributed by atoms with Gasteiger partial charge in [-0.05, 0) is 37.9 Å². The molecule has 0 aromatic carbocycles. The van der Waals surface area contributed by atoms with Crippen molar-refractivity contribution in [1.82, 2.24) is 5.32 Å². The molecule has 1 heterocycles. The lowest BCUT2D eigenvalue weighted by atomic mass is 10.2. The molecular formula is C13H23NOS. The number of aliphatic hydroxyl groups is 1. The van der Waals surface area contributed by atoms with Crippen molar-refractivity contribution in [3.63, 3.8) is 0 Å². The normalized spacial score (nSPS) is 10.9. The smallest absolute Gasteiger partial charge is 0.0431 e. The van der Waals surface area contributed by atoms with Crippen LogP contribution >= 0.6 is 11.3 Å². The Morgan fingerprint density at radius 1 is 1.12 bits per heavy atom. The SMILES string of the molecule is CCc1ccc(CNCCCCCCO)s1. The number of nitrogens with one attached hydrogen (secondary N) is 1. The summed E-state index contributed by atoms with van der Waals surface area (Å²) in [5.41, 5.74) is 0. The predicted molar refractivity (Wildman–Crippen MR) is 71.0 cm³/mol. The van der Waals surface area contributed by atoms with E-state index in [9.17, 15) is 0 Å². The molecule has 1 aromatic heterocycles. The summed E-state index contributed by atoms with van der Waals surface area (Å²) < 4.78 is 0. The molecule has 3 heteroatoms. The highest BCUT2D eigenvalue weighted by Gasteiger charge is 1.97. The van der Waals surface area contributed by atoms with Gasteiger partial charge < -0.3 is 10.4 Å². The number of aryl methyl sites for hydroxylation is 1. The van der Waals surface area contributed by atoms with Crippen molar-refractivity contribution < 1.29 is 5.11 Å². The quantitative estimate of drug-likeness (QED) is 0.652. The van der Waals surface area contributed by atoms with Gasteiger partial charge in [-0.15, -0.1) is 11.3 Å². The summed E-state index contributed by atoms with van der Waals surface area (Å²) in [6, 6.07) is 4.45. The lowest BCUT2D eigenvalue weighted by molar-refractivity contribution is 0.282. The average Bonchev–Trinajstić information content (AvgIpc) is 2.76. The summed E-state index contributed by atoms with van der Waals surface area (Å²) in [6.45, 7) is 4.63. The molecule has 0 aliphatic rings. The van der Waals surface area contributed by atoms with Crippen molar-refractivity contribution in [1.29, 1.82) is 0 Å². The van der Waals surface area contributed by atoms with Crippen LogP contribution in [0.25, 0.3) is 0 Å². The summed E-state index contributed by atoms with van der Waals surface area (Å²) >= 11 is 1.91. The number of unbranched alkanes of at least 4 members (excludes halogenated alkanes) is 3. The number of hydrogen-bond acceptors (Lipinski definition) is 3. The molecule has 16 heavy (non-hydrogen) atoms. The molecule has 1 rings (SSSR count). The zero-order valence-electron chi connectivity index (χ0n) is 10.2. The van der Waals surface area contributed by atoms with Gasteiger partial charge in [-0.25, -0.2) is 0 Å². The Morgan fingerprint density at radius 2 is 1.88 bits per heavy atom. The van der Waals surface area contributed by atoms with Gasteiger partial charge >= 0.3 is 0 Å². The Kier molecular flexibility index (Phi) is 7.47. The fraction of sp³-hybridized carbons (Fsp3) is 0.692. The van der Waals surface area contributed by atoms with Crippen molar-refractivity contribution >= 4 is 11.3 Å². The second kappa shape index (κ2) is 8.74. The van der Waals surface area contributed by atoms with E-state index in [1.165, 1.54) is 22.6 Å². The second-order valence-electron chi connectivity index (χ2n) is 4.04. The molecule has 0 unspecified atom stereocenters. The maximum Gasteiger partial charge on any atom is 0.0431 e. The van der Waals surface area contributed by atoms with Crippen molar-refractivity contribution in [2.75, 3.05) is 13.2 Å². The largest absolute Gasteiger partial charge is 0.396 e. The van der Waals surface area contributed by atoms with Crippen LogP contribution in [0.3, 0.4) is 0 Å². The van der Waals surface area contributed by atoms with Crippen LogP contribution < -0.4 is 5.32 Å². The van der Waals surface area contributed by atoms with E-state index in [2.05, 4.69) is 24.4 Å². The minimum absolute atomic E-state index is 0.336. The first kappa shape index (κ1) is 13.7. The number of rotatable bonds is 9. The maximum absolute atomic E-state index is 8.63. The Hall–Kier alpha value is -0.380. The molecule has 2 nitrogen and oxygen atoms in total. The zero-order valence-corrected chi connectivity index (χ0v) is 11.0. The first-order valence-corrected chi connectivity index (χ1v) is 7.07.